The normalized spacial score (nSPS) is 13.6. The second kappa shape index (κ2) is 7.50. The molecule has 8 nitrogen and oxygen atoms in total. The zero-order valence-corrected chi connectivity index (χ0v) is 15.3. The first-order valence-electron chi connectivity index (χ1n) is 8.71. The van der Waals surface area contributed by atoms with Crippen molar-refractivity contribution in [3.63, 3.8) is 0 Å². The number of para-hydroxylation sites is 2. The average molecular weight is 417 g/mol. The fourth-order valence-corrected chi connectivity index (χ4v) is 3.01. The number of hydrogen-bond acceptors (Lipinski definition) is 5. The molecule has 0 atom stereocenters. The summed E-state index contributed by atoms with van der Waals surface area (Å²) < 4.78 is 46.0. The monoisotopic (exact) mass is 417 g/mol. The van der Waals surface area contributed by atoms with Crippen LogP contribution in [0.4, 0.5) is 24.5 Å². The molecule has 0 radical (unpaired) electrons. The lowest BCUT2D eigenvalue weighted by atomic mass is 10.1. The number of halogens is 3. The average Bonchev–Trinajstić information content (AvgIpc) is 3.24. The third-order valence-electron chi connectivity index (χ3n) is 4.37. The lowest BCUT2D eigenvalue weighted by Gasteiger charge is -2.28. The molecule has 0 unspecified atom stereocenters. The van der Waals surface area contributed by atoms with Crippen LogP contribution in [0.5, 0.6) is 5.75 Å². The van der Waals surface area contributed by atoms with E-state index in [0.717, 1.165) is 12.1 Å². The van der Waals surface area contributed by atoms with Gasteiger partial charge in [-0.2, -0.15) is 18.3 Å². The minimum atomic E-state index is -4.60. The molecule has 0 saturated heterocycles. The Hall–Kier alpha value is -3.89. The molecule has 2 amide bonds. The van der Waals surface area contributed by atoms with Crippen molar-refractivity contribution in [1.82, 2.24) is 14.8 Å². The molecule has 4 rings (SSSR count). The highest BCUT2D eigenvalue weighted by molar-refractivity contribution is 6.05. The number of amides is 2. The number of nitrogens with one attached hydrogen (secondary N) is 1. The number of anilines is 2. The van der Waals surface area contributed by atoms with E-state index >= 15 is 0 Å². The van der Waals surface area contributed by atoms with E-state index in [4.69, 9.17) is 4.74 Å². The molecule has 0 fully saturated rings. The summed E-state index contributed by atoms with van der Waals surface area (Å²) in [4.78, 5) is 29.9. The number of carbonyl (C=O) groups excluding carboxylic acids is 2. The van der Waals surface area contributed by atoms with Crippen molar-refractivity contribution in [3.05, 3.63) is 60.7 Å². The second-order valence-electron chi connectivity index (χ2n) is 6.35. The summed E-state index contributed by atoms with van der Waals surface area (Å²) in [5.74, 6) is -0.683. The smallest absolute Gasteiger partial charge is 0.416 e. The first-order valence-corrected chi connectivity index (χ1v) is 8.71. The Kier molecular flexibility index (Phi) is 4.86. The van der Waals surface area contributed by atoms with Crippen LogP contribution in [-0.2, 0) is 15.8 Å². The molecular weight excluding hydrogens is 403 g/mol. The molecule has 1 aliphatic rings. The van der Waals surface area contributed by atoms with Crippen LogP contribution in [0.1, 0.15) is 5.56 Å². The molecule has 2 heterocycles. The Morgan fingerprint density at radius 3 is 2.70 bits per heavy atom. The highest BCUT2D eigenvalue weighted by atomic mass is 19.4. The first-order chi connectivity index (χ1) is 14.3. The summed E-state index contributed by atoms with van der Waals surface area (Å²) in [5, 5.41) is 6.34. The Morgan fingerprint density at radius 1 is 1.17 bits per heavy atom. The van der Waals surface area contributed by atoms with Gasteiger partial charge < -0.3 is 10.1 Å². The molecular formula is C19H14F3N5O3. The predicted molar refractivity (Wildman–Crippen MR) is 99.3 cm³/mol. The van der Waals surface area contributed by atoms with Gasteiger partial charge in [0, 0.05) is 0 Å². The van der Waals surface area contributed by atoms with Crippen molar-refractivity contribution in [3.8, 4) is 11.4 Å². The van der Waals surface area contributed by atoms with Crippen molar-refractivity contribution in [2.45, 2.75) is 6.18 Å². The number of aromatic nitrogens is 3. The van der Waals surface area contributed by atoms with E-state index < -0.39 is 30.1 Å². The number of carbonyl (C=O) groups is 2. The molecule has 154 valence electrons. The van der Waals surface area contributed by atoms with Gasteiger partial charge in [-0.3, -0.25) is 14.5 Å². The summed E-state index contributed by atoms with van der Waals surface area (Å²) >= 11 is 0. The number of rotatable bonds is 4. The lowest BCUT2D eigenvalue weighted by molar-refractivity contribution is -0.137. The maximum Gasteiger partial charge on any atom is 0.416 e. The van der Waals surface area contributed by atoms with Gasteiger partial charge in [0.15, 0.2) is 6.61 Å². The highest BCUT2D eigenvalue weighted by Gasteiger charge is 2.32. The quantitative estimate of drug-likeness (QED) is 0.705. The van der Waals surface area contributed by atoms with E-state index in [1.165, 1.54) is 28.3 Å². The van der Waals surface area contributed by atoms with E-state index in [0.29, 0.717) is 11.4 Å². The summed E-state index contributed by atoms with van der Waals surface area (Å²) in [7, 11) is 0. The SMILES string of the molecule is O=C(CN1C(=O)COc2ccccc21)Nc1cc(C(F)(F)F)ccc1-n1cncn1. The molecule has 2 aromatic carbocycles. The third-order valence-corrected chi connectivity index (χ3v) is 4.37. The maximum absolute atomic E-state index is 13.2. The van der Waals surface area contributed by atoms with Crippen LogP contribution in [0, 0.1) is 0 Å². The molecule has 0 bridgehead atoms. The van der Waals surface area contributed by atoms with Crippen molar-refractivity contribution in [1.29, 1.82) is 0 Å². The fraction of sp³-hybridized carbons (Fsp3) is 0.158. The van der Waals surface area contributed by atoms with Gasteiger partial charge in [-0.25, -0.2) is 9.67 Å². The first kappa shape index (κ1) is 19.4. The largest absolute Gasteiger partial charge is 0.482 e. The Bertz CT molecular complexity index is 1100. The van der Waals surface area contributed by atoms with Crippen LogP contribution in [0.3, 0.4) is 0 Å². The zero-order valence-electron chi connectivity index (χ0n) is 15.3. The second-order valence-corrected chi connectivity index (χ2v) is 6.35. The number of fused-ring (bicyclic) bond motifs is 1. The van der Waals surface area contributed by atoms with Gasteiger partial charge in [0.05, 0.1) is 22.6 Å². The summed E-state index contributed by atoms with van der Waals surface area (Å²) in [6.45, 7) is -0.635. The molecule has 0 aliphatic carbocycles. The molecule has 11 heteroatoms. The van der Waals surface area contributed by atoms with Crippen LogP contribution in [0.2, 0.25) is 0 Å². The maximum atomic E-state index is 13.2. The summed E-state index contributed by atoms with van der Waals surface area (Å²) in [5.41, 5.74) is -0.448. The highest BCUT2D eigenvalue weighted by Crippen LogP contribution is 2.34. The van der Waals surface area contributed by atoms with Crippen molar-refractivity contribution >= 4 is 23.2 Å². The molecule has 1 aromatic heterocycles. The molecule has 1 N–H and O–H groups in total. The predicted octanol–water partition coefficient (Wildman–Crippen LogP) is 2.65. The van der Waals surface area contributed by atoms with E-state index in [1.807, 2.05) is 0 Å². The number of ether oxygens (including phenoxy) is 1. The van der Waals surface area contributed by atoms with Gasteiger partial charge in [-0.15, -0.1) is 0 Å². The topological polar surface area (TPSA) is 89.4 Å². The van der Waals surface area contributed by atoms with E-state index in [1.54, 1.807) is 24.3 Å². The van der Waals surface area contributed by atoms with Gasteiger partial charge >= 0.3 is 6.18 Å². The van der Waals surface area contributed by atoms with Gasteiger partial charge in [-0.05, 0) is 30.3 Å². The summed E-state index contributed by atoms with van der Waals surface area (Å²) in [6, 6.07) is 9.55. The Labute approximate surface area is 167 Å². The Balaban J connectivity index is 1.62. The van der Waals surface area contributed by atoms with Gasteiger partial charge in [0.25, 0.3) is 5.91 Å². The summed E-state index contributed by atoms with van der Waals surface area (Å²) in [6.07, 6.45) is -2.09. The van der Waals surface area contributed by atoms with Gasteiger partial charge in [0.2, 0.25) is 5.91 Å². The van der Waals surface area contributed by atoms with Crippen LogP contribution < -0.4 is 15.0 Å². The van der Waals surface area contributed by atoms with Crippen LogP contribution in [-0.4, -0.2) is 39.7 Å². The van der Waals surface area contributed by atoms with Gasteiger partial charge in [-0.1, -0.05) is 12.1 Å². The molecule has 0 spiro atoms. The number of nitrogens with zero attached hydrogens (tertiary/aromatic N) is 4. The van der Waals surface area contributed by atoms with Crippen LogP contribution in [0.25, 0.3) is 5.69 Å². The third kappa shape index (κ3) is 3.81. The molecule has 30 heavy (non-hydrogen) atoms. The molecule has 0 saturated carbocycles. The van der Waals surface area contributed by atoms with Crippen LogP contribution >= 0.6 is 0 Å². The Morgan fingerprint density at radius 2 is 1.97 bits per heavy atom. The lowest BCUT2D eigenvalue weighted by Crippen LogP contribution is -2.43. The molecule has 3 aromatic rings. The van der Waals surface area contributed by atoms with Crippen molar-refractivity contribution in [2.75, 3.05) is 23.4 Å². The van der Waals surface area contributed by atoms with Crippen molar-refractivity contribution < 1.29 is 27.5 Å². The number of alkyl halides is 3. The zero-order chi connectivity index (χ0) is 21.3. The minimum absolute atomic E-state index is 0.116. The van der Waals surface area contributed by atoms with E-state index in [2.05, 4.69) is 15.4 Å². The molecule has 1 aliphatic heterocycles. The van der Waals surface area contributed by atoms with E-state index in [9.17, 15) is 22.8 Å². The van der Waals surface area contributed by atoms with Crippen LogP contribution in [0.15, 0.2) is 55.1 Å². The number of benzene rings is 2. The van der Waals surface area contributed by atoms with Crippen molar-refractivity contribution in [2.24, 2.45) is 0 Å². The van der Waals surface area contributed by atoms with E-state index in [-0.39, 0.29) is 18.0 Å². The number of hydrogen-bond donors (Lipinski definition) is 1. The van der Waals surface area contributed by atoms with Gasteiger partial charge in [0.1, 0.15) is 24.9 Å². The standard InChI is InChI=1S/C19H14F3N5O3/c20-19(21,22)12-5-6-14(27-11-23-10-24-27)13(7-12)25-17(28)8-26-15-3-1-2-4-16(15)30-9-18(26)29/h1-7,10-11H,8-9H2,(H,25,28). The fourth-order valence-electron chi connectivity index (χ4n) is 3.01. The minimum Gasteiger partial charge on any atom is -0.482 e.